The standard InChI is InChI=1S/C13H6BrCl2F2NO/c14-6-3-10(17)12(11(18)4-6)13(20)19-7-1-2-8(15)9(16)5-7/h1-5H,(H,19,20). The Morgan fingerprint density at radius 3 is 2.20 bits per heavy atom. The molecule has 104 valence electrons. The van der Waals surface area contributed by atoms with Gasteiger partial charge in [-0.3, -0.25) is 4.79 Å². The van der Waals surface area contributed by atoms with Crippen molar-refractivity contribution in [1.29, 1.82) is 0 Å². The summed E-state index contributed by atoms with van der Waals surface area (Å²) in [4.78, 5) is 11.9. The van der Waals surface area contributed by atoms with Gasteiger partial charge in [0.2, 0.25) is 0 Å². The molecule has 0 radical (unpaired) electrons. The molecule has 0 aliphatic carbocycles. The Morgan fingerprint density at radius 2 is 1.65 bits per heavy atom. The lowest BCUT2D eigenvalue weighted by atomic mass is 10.2. The number of hydrogen-bond donors (Lipinski definition) is 1. The molecular formula is C13H6BrCl2F2NO. The summed E-state index contributed by atoms with van der Waals surface area (Å²) < 4.78 is 27.5. The quantitative estimate of drug-likeness (QED) is 0.753. The molecular weight excluding hydrogens is 375 g/mol. The monoisotopic (exact) mass is 379 g/mol. The molecule has 2 rings (SSSR count). The van der Waals surface area contributed by atoms with Crippen molar-refractivity contribution in [2.75, 3.05) is 5.32 Å². The van der Waals surface area contributed by atoms with Crippen molar-refractivity contribution >= 4 is 50.7 Å². The highest BCUT2D eigenvalue weighted by atomic mass is 79.9. The van der Waals surface area contributed by atoms with Crippen molar-refractivity contribution in [2.45, 2.75) is 0 Å². The van der Waals surface area contributed by atoms with Crippen LogP contribution in [0.2, 0.25) is 10.0 Å². The third kappa shape index (κ3) is 3.29. The zero-order valence-electron chi connectivity index (χ0n) is 9.68. The van der Waals surface area contributed by atoms with Crippen LogP contribution in [-0.4, -0.2) is 5.91 Å². The molecule has 1 amide bonds. The van der Waals surface area contributed by atoms with E-state index in [-0.39, 0.29) is 15.2 Å². The number of carbonyl (C=O) groups is 1. The lowest BCUT2D eigenvalue weighted by molar-refractivity contribution is 0.101. The first-order chi connectivity index (χ1) is 9.38. The smallest absolute Gasteiger partial charge is 0.261 e. The zero-order valence-corrected chi connectivity index (χ0v) is 12.8. The van der Waals surface area contributed by atoms with Crippen LogP contribution in [0, 0.1) is 11.6 Å². The molecule has 0 aliphatic rings. The molecule has 0 aromatic heterocycles. The average Bonchev–Trinajstić information content (AvgIpc) is 2.32. The van der Waals surface area contributed by atoms with Gasteiger partial charge in [0.15, 0.2) is 0 Å². The molecule has 2 nitrogen and oxygen atoms in total. The highest BCUT2D eigenvalue weighted by molar-refractivity contribution is 9.10. The minimum absolute atomic E-state index is 0.207. The third-order valence-corrected chi connectivity index (χ3v) is 3.61. The molecule has 1 N–H and O–H groups in total. The van der Waals surface area contributed by atoms with E-state index >= 15 is 0 Å². The lowest BCUT2D eigenvalue weighted by Gasteiger charge is -2.08. The van der Waals surface area contributed by atoms with Gasteiger partial charge in [0, 0.05) is 10.2 Å². The molecule has 0 fully saturated rings. The highest BCUT2D eigenvalue weighted by Crippen LogP contribution is 2.26. The fraction of sp³-hybridized carbons (Fsp3) is 0. The first-order valence-corrected chi connectivity index (χ1v) is 6.84. The van der Waals surface area contributed by atoms with Gasteiger partial charge in [0.1, 0.15) is 17.2 Å². The second kappa shape index (κ2) is 6.08. The summed E-state index contributed by atoms with van der Waals surface area (Å²) in [5, 5.41) is 2.88. The van der Waals surface area contributed by atoms with E-state index in [9.17, 15) is 13.6 Å². The van der Waals surface area contributed by atoms with Crippen LogP contribution < -0.4 is 5.32 Å². The topological polar surface area (TPSA) is 29.1 Å². The van der Waals surface area contributed by atoms with Crippen LogP contribution in [0.25, 0.3) is 0 Å². The lowest BCUT2D eigenvalue weighted by Crippen LogP contribution is -2.16. The minimum atomic E-state index is -0.963. The molecule has 20 heavy (non-hydrogen) atoms. The molecule has 7 heteroatoms. The number of amides is 1. The number of carbonyl (C=O) groups excluding carboxylic acids is 1. The van der Waals surface area contributed by atoms with Crippen molar-refractivity contribution in [3.8, 4) is 0 Å². The van der Waals surface area contributed by atoms with Gasteiger partial charge in [0.25, 0.3) is 5.91 Å². The van der Waals surface area contributed by atoms with Gasteiger partial charge < -0.3 is 5.32 Å². The van der Waals surface area contributed by atoms with Crippen LogP contribution in [0.3, 0.4) is 0 Å². The molecule has 0 aliphatic heterocycles. The van der Waals surface area contributed by atoms with E-state index in [0.29, 0.717) is 5.02 Å². The van der Waals surface area contributed by atoms with Crippen molar-refractivity contribution in [1.82, 2.24) is 0 Å². The maximum Gasteiger partial charge on any atom is 0.261 e. The van der Waals surface area contributed by atoms with Crippen molar-refractivity contribution < 1.29 is 13.6 Å². The maximum absolute atomic E-state index is 13.6. The summed E-state index contributed by atoms with van der Waals surface area (Å²) in [5.74, 6) is -2.84. The van der Waals surface area contributed by atoms with Gasteiger partial charge in [-0.15, -0.1) is 0 Å². The number of rotatable bonds is 2. The van der Waals surface area contributed by atoms with Crippen LogP contribution in [0.1, 0.15) is 10.4 Å². The van der Waals surface area contributed by atoms with Crippen molar-refractivity contribution in [3.63, 3.8) is 0 Å². The SMILES string of the molecule is O=C(Nc1ccc(Cl)c(Cl)c1)c1c(F)cc(Br)cc1F. The average molecular weight is 381 g/mol. The minimum Gasteiger partial charge on any atom is -0.322 e. The summed E-state index contributed by atoms with van der Waals surface area (Å²) >= 11 is 14.5. The highest BCUT2D eigenvalue weighted by Gasteiger charge is 2.18. The van der Waals surface area contributed by atoms with Crippen LogP contribution in [0.4, 0.5) is 14.5 Å². The summed E-state index contributed by atoms with van der Waals surface area (Å²) in [6.07, 6.45) is 0. The fourth-order valence-corrected chi connectivity index (χ4v) is 2.23. The molecule has 0 unspecified atom stereocenters. The number of nitrogens with one attached hydrogen (secondary N) is 1. The first kappa shape index (κ1) is 15.2. The van der Waals surface area contributed by atoms with Crippen molar-refractivity contribution in [2.24, 2.45) is 0 Å². The second-order valence-corrected chi connectivity index (χ2v) is 5.56. The zero-order chi connectivity index (χ0) is 14.9. The van der Waals surface area contributed by atoms with Gasteiger partial charge in [-0.25, -0.2) is 8.78 Å². The van der Waals surface area contributed by atoms with E-state index < -0.39 is 23.1 Å². The second-order valence-electron chi connectivity index (χ2n) is 3.83. The first-order valence-electron chi connectivity index (χ1n) is 5.29. The summed E-state index contributed by atoms with van der Waals surface area (Å²) in [5.41, 5.74) is -0.384. The fourth-order valence-electron chi connectivity index (χ4n) is 1.53. The van der Waals surface area contributed by atoms with Gasteiger partial charge in [-0.2, -0.15) is 0 Å². The molecule has 0 saturated carbocycles. The molecule has 0 heterocycles. The van der Waals surface area contributed by atoms with E-state index in [2.05, 4.69) is 21.2 Å². The summed E-state index contributed by atoms with van der Waals surface area (Å²) in [6, 6.07) is 6.34. The van der Waals surface area contributed by atoms with E-state index in [1.165, 1.54) is 18.2 Å². The molecule has 0 spiro atoms. The Bertz CT molecular complexity index is 671. The Kier molecular flexibility index (Phi) is 4.62. The van der Waals surface area contributed by atoms with E-state index in [1.54, 1.807) is 0 Å². The number of hydrogen-bond acceptors (Lipinski definition) is 1. The van der Waals surface area contributed by atoms with Crippen LogP contribution in [0.15, 0.2) is 34.8 Å². The molecule has 2 aromatic carbocycles. The number of benzene rings is 2. The van der Waals surface area contributed by atoms with Crippen molar-refractivity contribution in [3.05, 3.63) is 62.0 Å². The molecule has 0 bridgehead atoms. The molecule has 0 saturated heterocycles. The van der Waals surface area contributed by atoms with Gasteiger partial charge >= 0.3 is 0 Å². The van der Waals surface area contributed by atoms with E-state index in [1.807, 2.05) is 0 Å². The van der Waals surface area contributed by atoms with Crippen LogP contribution in [0.5, 0.6) is 0 Å². The summed E-state index contributed by atoms with van der Waals surface area (Å²) in [7, 11) is 0. The van der Waals surface area contributed by atoms with E-state index in [0.717, 1.165) is 12.1 Å². The Hall–Kier alpha value is -1.17. The van der Waals surface area contributed by atoms with Gasteiger partial charge in [-0.1, -0.05) is 39.1 Å². The van der Waals surface area contributed by atoms with E-state index in [4.69, 9.17) is 23.2 Å². The predicted molar refractivity (Wildman–Crippen MR) is 78.5 cm³/mol. The Morgan fingerprint density at radius 1 is 1.05 bits per heavy atom. The van der Waals surface area contributed by atoms with Gasteiger partial charge in [-0.05, 0) is 30.3 Å². The molecule has 0 atom stereocenters. The Balaban J connectivity index is 2.31. The van der Waals surface area contributed by atoms with Crippen LogP contribution >= 0.6 is 39.1 Å². The van der Waals surface area contributed by atoms with Gasteiger partial charge in [0.05, 0.1) is 10.0 Å². The largest absolute Gasteiger partial charge is 0.322 e. The normalized spacial score (nSPS) is 10.4. The number of halogens is 5. The molecule has 2 aromatic rings. The maximum atomic E-state index is 13.6. The Labute approximate surface area is 131 Å². The van der Waals surface area contributed by atoms with Crippen LogP contribution in [-0.2, 0) is 0 Å². The summed E-state index contributed by atoms with van der Waals surface area (Å²) in [6.45, 7) is 0. The third-order valence-electron chi connectivity index (χ3n) is 2.41. The number of anilines is 1. The predicted octanol–water partition coefficient (Wildman–Crippen LogP) is 5.29.